The van der Waals surface area contributed by atoms with E-state index in [2.05, 4.69) is 15.3 Å². The van der Waals surface area contributed by atoms with E-state index in [-0.39, 0.29) is 17.9 Å². The number of pyridine rings is 2. The van der Waals surface area contributed by atoms with E-state index in [0.29, 0.717) is 36.0 Å². The standard InChI is InChI=1S/C20H18F2N4O2/c1-11-13(6-12-2-3-25-20(23)19(12)22)9-24-10-16(11)26-15-8-18-17(7-14(15)21)27-4-5-28-18/h2-3,7-10,26H,4-6H2,1H3,(H2,23,25). The quantitative estimate of drug-likeness (QED) is 0.713. The molecule has 0 aliphatic carbocycles. The van der Waals surface area contributed by atoms with Crippen LogP contribution in [0.3, 0.4) is 0 Å². The topological polar surface area (TPSA) is 82.3 Å². The molecular formula is C20H18F2N4O2. The Hall–Kier alpha value is -3.42. The number of rotatable bonds is 4. The molecule has 3 heterocycles. The van der Waals surface area contributed by atoms with Gasteiger partial charge in [-0.2, -0.15) is 0 Å². The van der Waals surface area contributed by atoms with Crippen LogP contribution in [-0.4, -0.2) is 23.2 Å². The molecule has 0 saturated carbocycles. The van der Waals surface area contributed by atoms with Gasteiger partial charge >= 0.3 is 0 Å². The van der Waals surface area contributed by atoms with Crippen molar-refractivity contribution >= 4 is 17.2 Å². The normalized spacial score (nSPS) is 12.7. The van der Waals surface area contributed by atoms with Gasteiger partial charge in [0.15, 0.2) is 29.0 Å². The number of anilines is 3. The van der Waals surface area contributed by atoms with E-state index in [4.69, 9.17) is 15.2 Å². The van der Waals surface area contributed by atoms with Crippen LogP contribution in [0.1, 0.15) is 16.7 Å². The lowest BCUT2D eigenvalue weighted by Crippen LogP contribution is -2.15. The number of nitrogen functional groups attached to an aromatic ring is 1. The van der Waals surface area contributed by atoms with Gasteiger partial charge in [-0.25, -0.2) is 13.8 Å². The first kappa shape index (κ1) is 18.0. The zero-order valence-corrected chi connectivity index (χ0v) is 15.1. The molecule has 3 N–H and O–H groups in total. The van der Waals surface area contributed by atoms with Crippen LogP contribution in [0.2, 0.25) is 0 Å². The van der Waals surface area contributed by atoms with E-state index >= 15 is 0 Å². The lowest BCUT2D eigenvalue weighted by Gasteiger charge is -2.20. The molecule has 1 aliphatic heterocycles. The van der Waals surface area contributed by atoms with Crippen LogP contribution in [0, 0.1) is 18.6 Å². The summed E-state index contributed by atoms with van der Waals surface area (Å²) in [6, 6.07) is 4.42. The molecule has 0 fully saturated rings. The van der Waals surface area contributed by atoms with Gasteiger partial charge in [0.25, 0.3) is 0 Å². The van der Waals surface area contributed by atoms with Gasteiger partial charge in [-0.05, 0) is 29.7 Å². The first-order valence-electron chi connectivity index (χ1n) is 8.71. The highest BCUT2D eigenvalue weighted by atomic mass is 19.1. The van der Waals surface area contributed by atoms with Crippen molar-refractivity contribution in [3.63, 3.8) is 0 Å². The molecule has 1 aliphatic rings. The van der Waals surface area contributed by atoms with Crippen molar-refractivity contribution in [3.05, 3.63) is 65.1 Å². The van der Waals surface area contributed by atoms with Gasteiger partial charge in [0.2, 0.25) is 0 Å². The minimum absolute atomic E-state index is 0.143. The molecule has 0 spiro atoms. The Bertz CT molecular complexity index is 1040. The van der Waals surface area contributed by atoms with Crippen LogP contribution >= 0.6 is 0 Å². The Labute approximate surface area is 160 Å². The average Bonchev–Trinajstić information content (AvgIpc) is 2.69. The third-order valence-electron chi connectivity index (χ3n) is 4.60. The Morgan fingerprint density at radius 1 is 1.07 bits per heavy atom. The molecule has 0 saturated heterocycles. The van der Waals surface area contributed by atoms with Gasteiger partial charge in [0.05, 0.1) is 17.6 Å². The number of nitrogens with zero attached hydrogens (tertiary/aromatic N) is 2. The second-order valence-corrected chi connectivity index (χ2v) is 6.42. The fraction of sp³-hybridized carbons (Fsp3) is 0.200. The number of aromatic nitrogens is 2. The van der Waals surface area contributed by atoms with Crippen LogP contribution in [-0.2, 0) is 6.42 Å². The molecule has 0 bridgehead atoms. The van der Waals surface area contributed by atoms with Crippen LogP contribution in [0.5, 0.6) is 11.5 Å². The van der Waals surface area contributed by atoms with Crippen molar-refractivity contribution in [1.82, 2.24) is 9.97 Å². The Kier molecular flexibility index (Phi) is 4.68. The van der Waals surface area contributed by atoms with Gasteiger partial charge in [-0.1, -0.05) is 0 Å². The van der Waals surface area contributed by atoms with Crippen LogP contribution in [0.15, 0.2) is 36.8 Å². The van der Waals surface area contributed by atoms with Gasteiger partial charge < -0.3 is 20.5 Å². The first-order chi connectivity index (χ1) is 13.5. The average molecular weight is 384 g/mol. The van der Waals surface area contributed by atoms with Crippen molar-refractivity contribution in [1.29, 1.82) is 0 Å². The van der Waals surface area contributed by atoms with Crippen molar-refractivity contribution < 1.29 is 18.3 Å². The number of nitrogens with two attached hydrogens (primary N) is 1. The van der Waals surface area contributed by atoms with Crippen LogP contribution in [0.25, 0.3) is 0 Å². The summed E-state index contributed by atoms with van der Waals surface area (Å²) in [5, 5.41) is 3.04. The number of ether oxygens (including phenoxy) is 2. The smallest absolute Gasteiger partial charge is 0.168 e. The lowest BCUT2D eigenvalue weighted by molar-refractivity contribution is 0.171. The molecule has 0 unspecified atom stereocenters. The van der Waals surface area contributed by atoms with Gasteiger partial charge in [0.1, 0.15) is 13.2 Å². The summed E-state index contributed by atoms with van der Waals surface area (Å²) in [5.41, 5.74) is 8.41. The van der Waals surface area contributed by atoms with Crippen LogP contribution < -0.4 is 20.5 Å². The SMILES string of the molecule is Cc1c(Cc2ccnc(N)c2F)cncc1Nc1cc2c(cc1F)OCCO2. The van der Waals surface area contributed by atoms with Crippen molar-refractivity contribution in [2.24, 2.45) is 0 Å². The van der Waals surface area contributed by atoms with Crippen LogP contribution in [0.4, 0.5) is 26.0 Å². The van der Waals surface area contributed by atoms with Crippen molar-refractivity contribution in [2.75, 3.05) is 24.3 Å². The molecule has 6 nitrogen and oxygen atoms in total. The third kappa shape index (κ3) is 3.40. The maximum atomic E-state index is 14.5. The highest BCUT2D eigenvalue weighted by Crippen LogP contribution is 2.36. The van der Waals surface area contributed by atoms with Gasteiger partial charge in [0, 0.05) is 30.9 Å². The first-order valence-corrected chi connectivity index (χ1v) is 8.71. The highest BCUT2D eigenvalue weighted by Gasteiger charge is 2.17. The van der Waals surface area contributed by atoms with E-state index in [1.54, 1.807) is 24.5 Å². The second kappa shape index (κ2) is 7.30. The van der Waals surface area contributed by atoms with Crippen molar-refractivity contribution in [3.8, 4) is 11.5 Å². The van der Waals surface area contributed by atoms with E-state index in [1.165, 1.54) is 12.3 Å². The van der Waals surface area contributed by atoms with Crippen molar-refractivity contribution in [2.45, 2.75) is 13.3 Å². The third-order valence-corrected chi connectivity index (χ3v) is 4.60. The minimum Gasteiger partial charge on any atom is -0.486 e. The zero-order chi connectivity index (χ0) is 19.7. The number of hydrogen-bond donors (Lipinski definition) is 2. The summed E-state index contributed by atoms with van der Waals surface area (Å²) in [6.45, 7) is 2.66. The van der Waals surface area contributed by atoms with E-state index in [1.807, 2.05) is 6.92 Å². The van der Waals surface area contributed by atoms with E-state index < -0.39 is 11.6 Å². The molecule has 28 heavy (non-hydrogen) atoms. The summed E-state index contributed by atoms with van der Waals surface area (Å²) in [5.74, 6) is -0.300. The number of nitrogens with one attached hydrogen (secondary N) is 1. The number of hydrogen-bond acceptors (Lipinski definition) is 6. The molecule has 0 radical (unpaired) electrons. The predicted octanol–water partition coefficient (Wildman–Crippen LogP) is 3.75. The number of benzene rings is 1. The number of halogens is 2. The lowest BCUT2D eigenvalue weighted by atomic mass is 10.0. The Morgan fingerprint density at radius 2 is 1.82 bits per heavy atom. The van der Waals surface area contributed by atoms with Gasteiger partial charge in [-0.3, -0.25) is 4.98 Å². The monoisotopic (exact) mass is 384 g/mol. The zero-order valence-electron chi connectivity index (χ0n) is 15.1. The molecule has 2 aromatic heterocycles. The van der Waals surface area contributed by atoms with E-state index in [9.17, 15) is 8.78 Å². The predicted molar refractivity (Wildman–Crippen MR) is 101 cm³/mol. The molecule has 0 amide bonds. The summed E-state index contributed by atoms with van der Waals surface area (Å²) in [6.07, 6.45) is 4.99. The number of fused-ring (bicyclic) bond motifs is 1. The maximum Gasteiger partial charge on any atom is 0.168 e. The molecule has 1 aromatic carbocycles. The highest BCUT2D eigenvalue weighted by molar-refractivity contribution is 5.67. The molecule has 4 rings (SSSR count). The summed E-state index contributed by atoms with van der Waals surface area (Å²) >= 11 is 0. The Morgan fingerprint density at radius 3 is 2.61 bits per heavy atom. The molecule has 144 valence electrons. The van der Waals surface area contributed by atoms with Gasteiger partial charge in [-0.15, -0.1) is 0 Å². The maximum absolute atomic E-state index is 14.5. The van der Waals surface area contributed by atoms with E-state index in [0.717, 1.165) is 11.1 Å². The Balaban J connectivity index is 1.63. The summed E-state index contributed by atoms with van der Waals surface area (Å²) in [4.78, 5) is 7.93. The second-order valence-electron chi connectivity index (χ2n) is 6.42. The largest absolute Gasteiger partial charge is 0.486 e. The fourth-order valence-electron chi connectivity index (χ4n) is 3.02. The molecule has 0 atom stereocenters. The molecular weight excluding hydrogens is 366 g/mol. The summed E-state index contributed by atoms with van der Waals surface area (Å²) in [7, 11) is 0. The minimum atomic E-state index is -0.543. The fourth-order valence-corrected chi connectivity index (χ4v) is 3.02. The molecule has 3 aromatic rings. The summed E-state index contributed by atoms with van der Waals surface area (Å²) < 4.78 is 39.5. The molecule has 8 heteroatoms.